The zero-order valence-electron chi connectivity index (χ0n) is 20.8. The number of aromatic nitrogens is 1. The minimum Gasteiger partial charge on any atom is -0.444 e. The Bertz CT molecular complexity index is 1100. The van der Waals surface area contributed by atoms with Gasteiger partial charge in [0.1, 0.15) is 17.7 Å². The molecule has 3 saturated heterocycles. The van der Waals surface area contributed by atoms with Gasteiger partial charge in [-0.3, -0.25) is 9.59 Å². The van der Waals surface area contributed by atoms with Crippen molar-refractivity contribution in [1.82, 2.24) is 20.1 Å². The Balaban J connectivity index is 1.37. The number of ether oxygens (including phenoxy) is 1. The van der Waals surface area contributed by atoms with Crippen molar-refractivity contribution in [2.24, 2.45) is 11.8 Å². The minimum atomic E-state index is -0.839. The smallest absolute Gasteiger partial charge is 0.408 e. The Labute approximate surface area is 210 Å². The fourth-order valence-corrected chi connectivity index (χ4v) is 6.37. The lowest BCUT2D eigenvalue weighted by molar-refractivity contribution is -0.136. The van der Waals surface area contributed by atoms with E-state index in [4.69, 9.17) is 4.74 Å². The molecule has 36 heavy (non-hydrogen) atoms. The monoisotopic (exact) mass is 497 g/mol. The molecule has 10 heteroatoms. The zero-order valence-corrected chi connectivity index (χ0v) is 20.8. The normalized spacial score (nSPS) is 31.3. The molecule has 9 nitrogen and oxygen atoms in total. The van der Waals surface area contributed by atoms with E-state index < -0.39 is 29.7 Å². The van der Waals surface area contributed by atoms with Crippen LogP contribution in [-0.4, -0.2) is 68.5 Å². The first-order valence-electron chi connectivity index (χ1n) is 12.7. The van der Waals surface area contributed by atoms with Gasteiger partial charge in [-0.2, -0.15) is 9.65 Å². The lowest BCUT2D eigenvalue weighted by Crippen LogP contribution is -2.58. The van der Waals surface area contributed by atoms with E-state index in [1.54, 1.807) is 25.7 Å². The van der Waals surface area contributed by atoms with E-state index in [2.05, 4.69) is 16.4 Å². The van der Waals surface area contributed by atoms with Crippen LogP contribution in [0.2, 0.25) is 0 Å². The molecule has 3 amide bonds. The number of likely N-dealkylation sites (tertiary alicyclic amines) is 1. The Morgan fingerprint density at radius 2 is 1.86 bits per heavy atom. The van der Waals surface area contributed by atoms with Crippen LogP contribution in [0.3, 0.4) is 0 Å². The van der Waals surface area contributed by atoms with Crippen molar-refractivity contribution in [3.8, 4) is 6.07 Å². The third-order valence-electron chi connectivity index (χ3n) is 7.90. The Kier molecular flexibility index (Phi) is 6.13. The summed E-state index contributed by atoms with van der Waals surface area (Å²) in [5.74, 6) is -1.03. The van der Waals surface area contributed by atoms with Gasteiger partial charge >= 0.3 is 6.09 Å². The molecule has 192 valence electrons. The van der Waals surface area contributed by atoms with Crippen LogP contribution in [0.4, 0.5) is 9.18 Å². The largest absolute Gasteiger partial charge is 0.444 e. The van der Waals surface area contributed by atoms with Crippen LogP contribution < -0.4 is 5.32 Å². The Hall–Kier alpha value is -3.22. The molecule has 5 rings (SSSR count). The lowest BCUT2D eigenvalue weighted by atomic mass is 9.83. The predicted molar refractivity (Wildman–Crippen MR) is 126 cm³/mol. The number of hydrogen-bond donors (Lipinski definition) is 1. The molecule has 1 aromatic heterocycles. The molecule has 4 aliphatic rings. The van der Waals surface area contributed by atoms with Gasteiger partial charge in [0.15, 0.2) is 0 Å². The van der Waals surface area contributed by atoms with Crippen LogP contribution in [-0.2, 0) is 9.53 Å². The minimum absolute atomic E-state index is 0.0602. The number of nitrogens with one attached hydrogen (secondary N) is 1. The van der Waals surface area contributed by atoms with E-state index in [9.17, 15) is 24.0 Å². The number of pyridine rings is 1. The van der Waals surface area contributed by atoms with Gasteiger partial charge in [-0.15, -0.1) is 0 Å². The molecule has 1 N–H and O–H groups in total. The number of hydrogen-bond acceptors (Lipinski definition) is 6. The van der Waals surface area contributed by atoms with E-state index in [-0.39, 0.29) is 41.4 Å². The van der Waals surface area contributed by atoms with Crippen molar-refractivity contribution in [3.63, 3.8) is 0 Å². The lowest BCUT2D eigenvalue weighted by Gasteiger charge is -2.42. The fourth-order valence-electron chi connectivity index (χ4n) is 6.37. The molecule has 2 unspecified atom stereocenters. The third-order valence-corrected chi connectivity index (χ3v) is 7.90. The number of halogens is 1. The third kappa shape index (κ3) is 4.63. The number of alkyl carbamates (subject to hydrolysis) is 1. The molecule has 0 aromatic carbocycles. The number of fused-ring (bicyclic) bond motifs is 3. The molecule has 0 radical (unpaired) electrons. The van der Waals surface area contributed by atoms with E-state index in [0.29, 0.717) is 25.2 Å². The van der Waals surface area contributed by atoms with Crippen molar-refractivity contribution < 1.29 is 23.5 Å². The van der Waals surface area contributed by atoms with Crippen molar-refractivity contribution in [2.75, 3.05) is 0 Å². The van der Waals surface area contributed by atoms with Crippen LogP contribution in [0.25, 0.3) is 0 Å². The number of nitrogens with zero attached hydrogens (tertiary/aromatic N) is 4. The van der Waals surface area contributed by atoms with Gasteiger partial charge in [0, 0.05) is 36.0 Å². The van der Waals surface area contributed by atoms with Crippen LogP contribution in [0.5, 0.6) is 0 Å². The summed E-state index contributed by atoms with van der Waals surface area (Å²) in [6.45, 7) is 5.28. The first-order valence-corrected chi connectivity index (χ1v) is 12.7. The Morgan fingerprint density at radius 1 is 1.17 bits per heavy atom. The van der Waals surface area contributed by atoms with Gasteiger partial charge in [0.05, 0.1) is 6.07 Å². The van der Waals surface area contributed by atoms with Gasteiger partial charge in [0.25, 0.3) is 5.91 Å². The quantitative estimate of drug-likeness (QED) is 0.640. The number of carbonyl (C=O) groups excluding carboxylic acids is 3. The van der Waals surface area contributed by atoms with Gasteiger partial charge in [-0.25, -0.2) is 9.78 Å². The molecule has 1 aromatic rings. The highest BCUT2D eigenvalue weighted by Gasteiger charge is 2.56. The van der Waals surface area contributed by atoms with Gasteiger partial charge in [-0.05, 0) is 77.2 Å². The second-order valence-electron chi connectivity index (χ2n) is 11.5. The van der Waals surface area contributed by atoms with E-state index in [1.165, 1.54) is 12.3 Å². The standard InChI is InChI=1S/C26H32FN5O4/c1-26(2,3)36-25(35)30-22(24(34)32-19(13-28)8-15-11-20(15)32)16-9-17-4-5-18(10-16)31(17)23(33)14-6-7-29-21(27)12-14/h6-7,12,15-20,22H,4-5,8-11H2,1-3H3,(H,30,35)/t15-,16?,17?,18?,19+,20+,22+/m1/s1. The summed E-state index contributed by atoms with van der Waals surface area (Å²) in [7, 11) is 0. The van der Waals surface area contributed by atoms with Crippen molar-refractivity contribution in [3.05, 3.63) is 29.8 Å². The predicted octanol–water partition coefficient (Wildman–Crippen LogP) is 3.01. The van der Waals surface area contributed by atoms with Crippen molar-refractivity contribution in [2.45, 2.75) is 95.1 Å². The second-order valence-corrected chi connectivity index (χ2v) is 11.5. The number of carbonyl (C=O) groups is 3. The first-order chi connectivity index (χ1) is 17.1. The first kappa shape index (κ1) is 24.5. The highest BCUT2D eigenvalue weighted by atomic mass is 19.1. The molecule has 4 fully saturated rings. The summed E-state index contributed by atoms with van der Waals surface area (Å²) < 4.78 is 19.1. The highest BCUT2D eigenvalue weighted by Crippen LogP contribution is 2.49. The van der Waals surface area contributed by atoms with E-state index in [1.807, 2.05) is 4.90 Å². The van der Waals surface area contributed by atoms with Crippen LogP contribution in [0, 0.1) is 29.1 Å². The summed E-state index contributed by atoms with van der Waals surface area (Å²) in [4.78, 5) is 46.8. The summed E-state index contributed by atoms with van der Waals surface area (Å²) in [6.07, 6.45) is 4.80. The number of nitriles is 1. The highest BCUT2D eigenvalue weighted by molar-refractivity contribution is 5.95. The average Bonchev–Trinajstić information content (AvgIpc) is 3.39. The second kappa shape index (κ2) is 9.02. The SMILES string of the molecule is CC(C)(C)OC(=O)N[C@H](C(=O)N1[C@H](C#N)C[C@@H]2C[C@@H]21)C1CC2CCC(C1)N2C(=O)c1ccnc(F)c1. The number of piperidine rings is 2. The van der Waals surface area contributed by atoms with Crippen molar-refractivity contribution in [1.29, 1.82) is 5.26 Å². The maximum Gasteiger partial charge on any atom is 0.408 e. The molecule has 3 aliphatic heterocycles. The van der Waals surface area contributed by atoms with Crippen molar-refractivity contribution >= 4 is 17.9 Å². The van der Waals surface area contributed by atoms with E-state index >= 15 is 0 Å². The molecular weight excluding hydrogens is 465 g/mol. The van der Waals surface area contributed by atoms with Crippen LogP contribution in [0.1, 0.15) is 69.7 Å². The van der Waals surface area contributed by atoms with Gasteiger partial charge in [0.2, 0.25) is 11.9 Å². The molecule has 6 atom stereocenters. The average molecular weight is 498 g/mol. The maximum absolute atomic E-state index is 13.8. The Morgan fingerprint density at radius 3 is 2.47 bits per heavy atom. The summed E-state index contributed by atoms with van der Waals surface area (Å²) in [6, 6.07) is 3.41. The molecule has 0 spiro atoms. The summed E-state index contributed by atoms with van der Waals surface area (Å²) >= 11 is 0. The zero-order chi connectivity index (χ0) is 25.8. The summed E-state index contributed by atoms with van der Waals surface area (Å²) in [5, 5.41) is 12.5. The topological polar surface area (TPSA) is 116 Å². The number of amides is 3. The molecule has 1 aliphatic carbocycles. The molecule has 1 saturated carbocycles. The maximum atomic E-state index is 13.8. The molecule has 2 bridgehead atoms. The van der Waals surface area contributed by atoms with Gasteiger partial charge in [-0.1, -0.05) is 0 Å². The fraction of sp³-hybridized carbons (Fsp3) is 0.654. The summed E-state index contributed by atoms with van der Waals surface area (Å²) in [5.41, 5.74) is -0.470. The van der Waals surface area contributed by atoms with Crippen LogP contribution in [0.15, 0.2) is 18.3 Å². The molecular formula is C26H32FN5O4. The van der Waals surface area contributed by atoms with Crippen LogP contribution >= 0.6 is 0 Å². The molecule has 4 heterocycles. The van der Waals surface area contributed by atoms with E-state index in [0.717, 1.165) is 25.3 Å². The van der Waals surface area contributed by atoms with Gasteiger partial charge < -0.3 is 19.9 Å². The number of rotatable bonds is 4.